The third-order valence-electron chi connectivity index (χ3n) is 9.33. The average Bonchev–Trinajstić information content (AvgIpc) is 3.34. The zero-order valence-electron chi connectivity index (χ0n) is 26.9. The lowest BCUT2D eigenvalue weighted by Gasteiger charge is -2.34. The third kappa shape index (κ3) is 7.60. The second kappa shape index (κ2) is 14.9. The molecule has 0 spiro atoms. The van der Waals surface area contributed by atoms with Crippen molar-refractivity contribution in [2.75, 3.05) is 57.7 Å². The number of rotatable bonds is 10. The number of fused-ring (bicyclic) bond motifs is 1. The van der Waals surface area contributed by atoms with E-state index in [9.17, 15) is 33.9 Å². The number of aliphatic imine (C=N–C) groups is 1. The van der Waals surface area contributed by atoms with E-state index in [0.29, 0.717) is 38.0 Å². The average molecular weight is 671 g/mol. The summed E-state index contributed by atoms with van der Waals surface area (Å²) in [5, 5.41) is 15.2. The number of amides is 5. The van der Waals surface area contributed by atoms with Gasteiger partial charge in [-0.3, -0.25) is 54.3 Å². The minimum Gasteiger partial charge on any atom is -0.511 e. The number of Topliss-reactive ketones (excluding diaryl/α,β-unsaturated/α-hetero) is 1. The Bertz CT molecular complexity index is 1720. The number of benzene rings is 2. The van der Waals surface area contributed by atoms with Gasteiger partial charge in [0, 0.05) is 64.7 Å². The summed E-state index contributed by atoms with van der Waals surface area (Å²) in [4.78, 5) is 85.1. The number of ketones is 1. The molecule has 5 amide bonds. The molecule has 2 atom stereocenters. The molecule has 0 saturated carbocycles. The number of ether oxygens (including phenoxy) is 1. The van der Waals surface area contributed by atoms with E-state index >= 15 is 0 Å². The first kappa shape index (κ1) is 33.7. The van der Waals surface area contributed by atoms with Crippen LogP contribution in [0.3, 0.4) is 0 Å². The van der Waals surface area contributed by atoms with E-state index in [0.717, 1.165) is 36.6 Å². The zero-order chi connectivity index (χ0) is 34.5. The summed E-state index contributed by atoms with van der Waals surface area (Å²) in [7, 11) is 0. The number of aliphatic hydroxyl groups excluding tert-OH is 1. The number of hydrogen-bond acceptors (Lipinski definition) is 11. The topological polar surface area (TPSA) is 178 Å². The molecule has 0 aromatic heterocycles. The monoisotopic (exact) mass is 670 g/mol. The third-order valence-corrected chi connectivity index (χ3v) is 9.33. The molecule has 3 aliphatic heterocycles. The number of aliphatic hydroxyl groups is 1. The predicted octanol–water partition coefficient (Wildman–Crippen LogP) is 2.28. The molecule has 14 heteroatoms. The Labute approximate surface area is 282 Å². The number of carbonyl (C=O) groups excluding carboxylic acids is 6. The van der Waals surface area contributed by atoms with Crippen LogP contribution in [-0.2, 0) is 19.1 Å². The lowest BCUT2D eigenvalue weighted by Crippen LogP contribution is -2.54. The number of imide groups is 2. The zero-order valence-corrected chi connectivity index (χ0v) is 26.9. The van der Waals surface area contributed by atoms with E-state index in [1.807, 2.05) is 30.3 Å². The smallest absolute Gasteiger partial charge is 0.411 e. The summed E-state index contributed by atoms with van der Waals surface area (Å²) in [5.41, 5.74) is 1.48. The molecule has 3 N–H and O–H groups in total. The summed E-state index contributed by atoms with van der Waals surface area (Å²) in [6, 6.07) is 13.1. The van der Waals surface area contributed by atoms with E-state index in [1.165, 1.54) is 24.4 Å². The summed E-state index contributed by atoms with van der Waals surface area (Å²) >= 11 is 0. The fourth-order valence-corrected chi connectivity index (χ4v) is 6.64. The number of anilines is 1. The molecule has 6 rings (SSSR count). The predicted molar refractivity (Wildman–Crippen MR) is 177 cm³/mol. The van der Waals surface area contributed by atoms with Gasteiger partial charge in [0.2, 0.25) is 11.8 Å². The van der Waals surface area contributed by atoms with Crippen molar-refractivity contribution in [3.63, 3.8) is 0 Å². The van der Waals surface area contributed by atoms with Gasteiger partial charge in [0.1, 0.15) is 18.4 Å². The van der Waals surface area contributed by atoms with Gasteiger partial charge in [-0.25, -0.2) is 4.79 Å². The van der Waals surface area contributed by atoms with Crippen molar-refractivity contribution in [1.82, 2.24) is 20.0 Å². The van der Waals surface area contributed by atoms with Gasteiger partial charge in [-0.15, -0.1) is 0 Å². The second-order valence-corrected chi connectivity index (χ2v) is 12.5. The van der Waals surface area contributed by atoms with E-state index in [4.69, 9.17) is 4.74 Å². The van der Waals surface area contributed by atoms with Gasteiger partial charge in [-0.05, 0) is 30.0 Å². The van der Waals surface area contributed by atoms with Crippen LogP contribution in [0, 0.1) is 0 Å². The van der Waals surface area contributed by atoms with E-state index < -0.39 is 35.8 Å². The molecule has 0 radical (unpaired) electrons. The molecule has 14 nitrogen and oxygen atoms in total. The number of piperazine rings is 1. The van der Waals surface area contributed by atoms with Crippen molar-refractivity contribution in [1.29, 1.82) is 0 Å². The standard InChI is InChI=1S/C35H38N6O8/c42-28-19-23(22-5-2-1-3-6-22)20-29(43)25(28)21-36-11-12-39-13-15-40(16-14-39)17-18-49-35(48)37-26-8-4-7-24-31(26)34(47)41(33(24)46)27-9-10-30(44)38-32(27)45/h1-8,21,23,27,42H,9-20H2,(H,37,48)(H,38,44,45). The minimum atomic E-state index is -1.11. The molecule has 2 aromatic rings. The van der Waals surface area contributed by atoms with Gasteiger partial charge in [0.05, 0.1) is 28.9 Å². The quantitative estimate of drug-likeness (QED) is 0.251. The van der Waals surface area contributed by atoms with E-state index in [1.54, 1.807) is 0 Å². The lowest BCUT2D eigenvalue weighted by molar-refractivity contribution is -0.136. The first-order chi connectivity index (χ1) is 23.7. The van der Waals surface area contributed by atoms with Crippen LogP contribution in [0.15, 0.2) is 64.9 Å². The van der Waals surface area contributed by atoms with Crippen molar-refractivity contribution in [3.05, 3.63) is 76.6 Å². The summed E-state index contributed by atoms with van der Waals surface area (Å²) < 4.78 is 5.37. The molecule has 1 aliphatic carbocycles. The molecule has 2 saturated heterocycles. The fraction of sp³-hybridized carbons (Fsp3) is 0.400. The van der Waals surface area contributed by atoms with Gasteiger partial charge in [-0.2, -0.15) is 0 Å². The van der Waals surface area contributed by atoms with Crippen LogP contribution < -0.4 is 10.6 Å². The van der Waals surface area contributed by atoms with Gasteiger partial charge < -0.3 is 9.84 Å². The van der Waals surface area contributed by atoms with E-state index in [-0.39, 0.29) is 53.7 Å². The Hall–Kier alpha value is -5.21. The molecule has 49 heavy (non-hydrogen) atoms. The maximum Gasteiger partial charge on any atom is 0.411 e. The SMILES string of the molecule is O=C1CCC(N2C(=O)c3cccc(NC(=O)OCCN4CCN(CCN=CC5=C(O)CC(c6ccccc6)CC5=O)CC4)c3C2=O)C(=O)N1. The second-order valence-electron chi connectivity index (χ2n) is 12.5. The van der Waals surface area contributed by atoms with Crippen molar-refractivity contribution in [2.45, 2.75) is 37.6 Å². The highest BCUT2D eigenvalue weighted by Gasteiger charge is 2.45. The summed E-state index contributed by atoms with van der Waals surface area (Å²) in [6.07, 6.45) is 1.54. The highest BCUT2D eigenvalue weighted by Crippen LogP contribution is 2.34. The van der Waals surface area contributed by atoms with Crippen LogP contribution in [-0.4, -0.2) is 120 Å². The van der Waals surface area contributed by atoms with Crippen molar-refractivity contribution >= 4 is 47.4 Å². The summed E-state index contributed by atoms with van der Waals surface area (Å²) in [5.74, 6) is -2.58. The lowest BCUT2D eigenvalue weighted by atomic mass is 9.83. The Balaban J connectivity index is 0.909. The van der Waals surface area contributed by atoms with Crippen LogP contribution >= 0.6 is 0 Å². The van der Waals surface area contributed by atoms with Crippen LogP contribution in [0.2, 0.25) is 0 Å². The first-order valence-corrected chi connectivity index (χ1v) is 16.4. The van der Waals surface area contributed by atoms with Gasteiger partial charge in [0.25, 0.3) is 11.8 Å². The van der Waals surface area contributed by atoms with Gasteiger partial charge >= 0.3 is 6.09 Å². The van der Waals surface area contributed by atoms with Crippen LogP contribution in [0.5, 0.6) is 0 Å². The molecule has 256 valence electrons. The highest BCUT2D eigenvalue weighted by atomic mass is 16.5. The van der Waals surface area contributed by atoms with Crippen LogP contribution in [0.4, 0.5) is 10.5 Å². The molecular weight excluding hydrogens is 632 g/mol. The molecular formula is C35H38N6O8. The van der Waals surface area contributed by atoms with Crippen LogP contribution in [0.25, 0.3) is 0 Å². The normalized spacial score (nSPS) is 22.1. The number of hydrogen-bond donors (Lipinski definition) is 3. The molecule has 4 aliphatic rings. The fourth-order valence-electron chi connectivity index (χ4n) is 6.64. The largest absolute Gasteiger partial charge is 0.511 e. The Kier molecular flexibility index (Phi) is 10.3. The van der Waals surface area contributed by atoms with Gasteiger partial charge in [0.15, 0.2) is 5.78 Å². The molecule has 0 bridgehead atoms. The van der Waals surface area contributed by atoms with Crippen molar-refractivity contribution in [3.8, 4) is 0 Å². The van der Waals surface area contributed by atoms with Crippen molar-refractivity contribution < 1.29 is 38.6 Å². The molecule has 3 heterocycles. The Morgan fingerprint density at radius 1 is 0.939 bits per heavy atom. The number of allylic oxidation sites excluding steroid dienone is 2. The number of carbonyl (C=O) groups is 6. The highest BCUT2D eigenvalue weighted by molar-refractivity contribution is 6.26. The number of nitrogens with one attached hydrogen (secondary N) is 2. The molecule has 2 aromatic carbocycles. The molecule has 2 unspecified atom stereocenters. The maximum atomic E-state index is 13.2. The van der Waals surface area contributed by atoms with Crippen molar-refractivity contribution in [2.24, 2.45) is 4.99 Å². The number of nitrogens with zero attached hydrogens (tertiary/aromatic N) is 4. The minimum absolute atomic E-state index is 0.00915. The Morgan fingerprint density at radius 3 is 2.39 bits per heavy atom. The molecule has 2 fully saturated rings. The summed E-state index contributed by atoms with van der Waals surface area (Å²) in [6.45, 7) is 4.94. The van der Waals surface area contributed by atoms with E-state index in [2.05, 4.69) is 25.4 Å². The first-order valence-electron chi connectivity index (χ1n) is 16.4. The van der Waals surface area contributed by atoms with Crippen LogP contribution in [0.1, 0.15) is 57.9 Å². The van der Waals surface area contributed by atoms with Gasteiger partial charge in [-0.1, -0.05) is 36.4 Å². The maximum absolute atomic E-state index is 13.2. The Morgan fingerprint density at radius 2 is 1.67 bits per heavy atom. The number of piperidine rings is 1.